The lowest BCUT2D eigenvalue weighted by Crippen LogP contribution is -2.19. The Morgan fingerprint density at radius 1 is 0.886 bits per heavy atom. The smallest absolute Gasteiger partial charge is 0.257 e. The molecule has 1 fully saturated rings. The summed E-state index contributed by atoms with van der Waals surface area (Å²) < 4.78 is 26.7. The van der Waals surface area contributed by atoms with Crippen molar-refractivity contribution in [1.29, 1.82) is 0 Å². The maximum atomic E-state index is 14.1. The number of hydrogen-bond acceptors (Lipinski definition) is 3. The summed E-state index contributed by atoms with van der Waals surface area (Å²) in [5.41, 5.74) is 5.18. The first-order valence-electron chi connectivity index (χ1n) is 9.88. The fourth-order valence-corrected chi connectivity index (χ4v) is 5.29. The summed E-state index contributed by atoms with van der Waals surface area (Å²) >= 11 is 30.9. The molecule has 0 spiro atoms. The van der Waals surface area contributed by atoms with Gasteiger partial charge in [-0.15, -0.1) is 23.2 Å². The van der Waals surface area contributed by atoms with Gasteiger partial charge in [0.15, 0.2) is 11.6 Å². The fourth-order valence-electron chi connectivity index (χ4n) is 3.71. The molecule has 2 amide bonds. The molecule has 0 radical (unpaired) electrons. The van der Waals surface area contributed by atoms with E-state index in [1.807, 2.05) is 0 Å². The molecule has 1 saturated carbocycles. The van der Waals surface area contributed by atoms with Gasteiger partial charge in [0.2, 0.25) is 5.91 Å². The van der Waals surface area contributed by atoms with E-state index in [0.717, 1.165) is 12.1 Å². The molecule has 3 aromatic carbocycles. The highest BCUT2D eigenvalue weighted by Crippen LogP contribution is 2.65. The van der Waals surface area contributed by atoms with Gasteiger partial charge < -0.3 is 16.4 Å². The first kappa shape index (κ1) is 25.8. The van der Waals surface area contributed by atoms with E-state index in [2.05, 4.69) is 10.6 Å². The third-order valence-corrected chi connectivity index (χ3v) is 7.07. The van der Waals surface area contributed by atoms with Crippen LogP contribution in [0.25, 0.3) is 0 Å². The van der Waals surface area contributed by atoms with Crippen molar-refractivity contribution >= 4 is 86.9 Å². The average molecular weight is 580 g/mol. The van der Waals surface area contributed by atoms with Gasteiger partial charge in [-0.25, -0.2) is 8.78 Å². The molecule has 4 N–H and O–H groups in total. The van der Waals surface area contributed by atoms with Crippen LogP contribution in [0.15, 0.2) is 48.5 Å². The van der Waals surface area contributed by atoms with Gasteiger partial charge in [-0.3, -0.25) is 9.59 Å². The third-order valence-electron chi connectivity index (χ3n) is 5.36. The molecule has 0 heterocycles. The second-order valence-corrected chi connectivity index (χ2v) is 10.6. The lowest BCUT2D eigenvalue weighted by atomic mass is 10.1. The number of alkyl halides is 2. The predicted molar refractivity (Wildman–Crippen MR) is 136 cm³/mol. The molecule has 12 heteroatoms. The summed E-state index contributed by atoms with van der Waals surface area (Å²) in [6, 6.07) is 10.5. The Hall–Kier alpha value is -2.29. The Balaban J connectivity index is 1.53. The summed E-state index contributed by atoms with van der Waals surface area (Å²) in [6.07, 6.45) is 0. The number of anilines is 3. The molecule has 182 valence electrons. The summed E-state index contributed by atoms with van der Waals surface area (Å²) in [5.74, 6) is -4.97. The largest absolute Gasteiger partial charge is 0.399 e. The molecule has 3 aromatic rings. The first-order chi connectivity index (χ1) is 16.4. The van der Waals surface area contributed by atoms with Crippen LogP contribution in [0.3, 0.4) is 0 Å². The zero-order valence-corrected chi connectivity index (χ0v) is 21.1. The van der Waals surface area contributed by atoms with Crippen molar-refractivity contribution in [2.45, 2.75) is 10.3 Å². The van der Waals surface area contributed by atoms with E-state index < -0.39 is 45.3 Å². The van der Waals surface area contributed by atoms with E-state index in [1.54, 1.807) is 12.1 Å². The van der Waals surface area contributed by atoms with E-state index in [4.69, 9.17) is 63.7 Å². The number of benzene rings is 3. The highest BCUT2D eigenvalue weighted by Gasteiger charge is 2.67. The molecule has 0 bridgehead atoms. The van der Waals surface area contributed by atoms with E-state index in [1.165, 1.54) is 24.3 Å². The van der Waals surface area contributed by atoms with Crippen molar-refractivity contribution in [2.24, 2.45) is 5.92 Å². The Morgan fingerprint density at radius 2 is 1.49 bits per heavy atom. The number of hydrogen-bond donors (Lipinski definition) is 3. The number of nitrogens with two attached hydrogens (primary N) is 1. The van der Waals surface area contributed by atoms with Gasteiger partial charge in [0.05, 0.1) is 16.5 Å². The van der Waals surface area contributed by atoms with Crippen LogP contribution in [0.2, 0.25) is 15.1 Å². The molecule has 0 saturated heterocycles. The van der Waals surface area contributed by atoms with Gasteiger partial charge in [0.1, 0.15) is 10.0 Å². The molecule has 2 atom stereocenters. The zero-order chi connectivity index (χ0) is 25.7. The van der Waals surface area contributed by atoms with Gasteiger partial charge in [-0.1, -0.05) is 34.8 Å². The Labute approximate surface area is 223 Å². The van der Waals surface area contributed by atoms with Crippen molar-refractivity contribution < 1.29 is 18.4 Å². The number of carbonyl (C=O) groups is 2. The van der Waals surface area contributed by atoms with Crippen LogP contribution in [0.5, 0.6) is 0 Å². The van der Waals surface area contributed by atoms with Crippen LogP contribution in [0.4, 0.5) is 25.8 Å². The third kappa shape index (κ3) is 5.29. The maximum Gasteiger partial charge on any atom is 0.257 e. The van der Waals surface area contributed by atoms with Crippen molar-refractivity contribution in [2.75, 3.05) is 16.4 Å². The maximum absolute atomic E-state index is 14.1. The van der Waals surface area contributed by atoms with E-state index in [0.29, 0.717) is 15.6 Å². The van der Waals surface area contributed by atoms with Crippen LogP contribution in [-0.4, -0.2) is 16.1 Å². The molecule has 5 nitrogen and oxygen atoms in total. The Bertz CT molecular complexity index is 1330. The predicted octanol–water partition coefficient (Wildman–Crippen LogP) is 7.29. The zero-order valence-electron chi connectivity index (χ0n) is 17.3. The quantitative estimate of drug-likeness (QED) is 0.219. The van der Waals surface area contributed by atoms with Crippen LogP contribution >= 0.6 is 58.0 Å². The highest BCUT2D eigenvalue weighted by molar-refractivity contribution is 6.53. The van der Waals surface area contributed by atoms with Crippen LogP contribution in [-0.2, 0) is 4.79 Å². The summed E-state index contributed by atoms with van der Waals surface area (Å²) in [5, 5.41) is 5.47. The van der Waals surface area contributed by atoms with Gasteiger partial charge >= 0.3 is 0 Å². The normalized spacial score (nSPS) is 18.1. The van der Waals surface area contributed by atoms with Crippen molar-refractivity contribution in [1.82, 2.24) is 0 Å². The molecule has 1 aliphatic carbocycles. The van der Waals surface area contributed by atoms with Gasteiger partial charge in [-0.05, 0) is 54.1 Å². The summed E-state index contributed by atoms with van der Waals surface area (Å²) in [4.78, 5) is 25.6. The molecule has 35 heavy (non-hydrogen) atoms. The topological polar surface area (TPSA) is 84.2 Å². The van der Waals surface area contributed by atoms with Gasteiger partial charge in [0, 0.05) is 27.3 Å². The second kappa shape index (κ2) is 9.64. The van der Waals surface area contributed by atoms with Crippen LogP contribution < -0.4 is 16.4 Å². The summed E-state index contributed by atoms with van der Waals surface area (Å²) in [7, 11) is 0. The lowest BCUT2D eigenvalue weighted by molar-refractivity contribution is -0.117. The number of carbonyl (C=O) groups excluding carboxylic acids is 2. The van der Waals surface area contributed by atoms with Crippen LogP contribution in [0.1, 0.15) is 21.8 Å². The lowest BCUT2D eigenvalue weighted by Gasteiger charge is -2.12. The Morgan fingerprint density at radius 3 is 2.09 bits per heavy atom. The van der Waals surface area contributed by atoms with E-state index in [9.17, 15) is 18.4 Å². The van der Waals surface area contributed by atoms with Crippen molar-refractivity contribution in [3.8, 4) is 0 Å². The monoisotopic (exact) mass is 577 g/mol. The van der Waals surface area contributed by atoms with Crippen LogP contribution in [0, 0.1) is 17.6 Å². The fraction of sp³-hybridized carbons (Fsp3) is 0.130. The van der Waals surface area contributed by atoms with Crippen molar-refractivity contribution in [3.63, 3.8) is 0 Å². The molecular weight excluding hydrogens is 566 g/mol. The number of rotatable bonds is 5. The second-order valence-electron chi connectivity index (χ2n) is 7.83. The summed E-state index contributed by atoms with van der Waals surface area (Å²) in [6.45, 7) is 0. The van der Waals surface area contributed by atoms with E-state index >= 15 is 0 Å². The minimum Gasteiger partial charge on any atom is -0.399 e. The number of nitrogens with one attached hydrogen (secondary N) is 2. The first-order valence-corrected chi connectivity index (χ1v) is 11.8. The van der Waals surface area contributed by atoms with Crippen molar-refractivity contribution in [3.05, 3.63) is 86.4 Å². The van der Waals surface area contributed by atoms with Gasteiger partial charge in [0.25, 0.3) is 5.91 Å². The molecule has 4 rings (SSSR count). The molecule has 1 aliphatic rings. The number of nitrogen functional groups attached to an aromatic ring is 1. The molecular formula is C23H14Cl5F2N3O2. The minimum atomic E-state index is -1.41. The van der Waals surface area contributed by atoms with Gasteiger partial charge in [-0.2, -0.15) is 0 Å². The SMILES string of the molecule is Nc1cc(F)c(NC(=O)c2cc(NC(=O)[C@H]3[C@H](c4cc(Cl)cc(Cl)c4)C3(Cl)Cl)ccc2Cl)c(F)c1. The Kier molecular flexibility index (Phi) is 7.10. The highest BCUT2D eigenvalue weighted by atomic mass is 35.5. The number of amides is 2. The molecule has 0 unspecified atom stereocenters. The molecule has 0 aliphatic heterocycles. The van der Waals surface area contributed by atoms with E-state index in [-0.39, 0.29) is 22.0 Å². The standard InChI is InChI=1S/C23H14Cl5F2N3O2/c24-10-3-9(4-11(25)5-10)18-19(23(18,27)28)22(35)32-13-1-2-15(26)14(8-13)21(34)33-20-16(29)6-12(31)7-17(20)30/h1-8,18-19H,31H2,(H,32,35)(H,33,34)/t18-,19+/m0/s1. The average Bonchev–Trinajstić information content (AvgIpc) is 3.33. The minimum absolute atomic E-state index is 0.0151. The molecule has 0 aromatic heterocycles. The number of halogens is 7.